The molecule has 2 aromatic rings. The van der Waals surface area contributed by atoms with E-state index in [0.29, 0.717) is 6.54 Å². The second-order valence-corrected chi connectivity index (χ2v) is 6.09. The number of rotatable bonds is 3. The molecule has 0 fully saturated rings. The fraction of sp³-hybridized carbons (Fsp3) is 0.412. The van der Waals surface area contributed by atoms with E-state index in [1.807, 2.05) is 20.9 Å². The molecule has 1 aliphatic heterocycles. The van der Waals surface area contributed by atoms with Gasteiger partial charge in [0, 0.05) is 19.0 Å². The van der Waals surface area contributed by atoms with Crippen molar-refractivity contribution in [1.29, 1.82) is 0 Å². The van der Waals surface area contributed by atoms with Gasteiger partial charge in [0.2, 0.25) is 0 Å². The molecule has 0 radical (unpaired) electrons. The fourth-order valence-electron chi connectivity index (χ4n) is 3.16. The SMILES string of the molecule is Cc1nn(C)c(C)c1NC(=O)C[NH+]1CCc2ccccc2C1. The highest BCUT2D eigenvalue weighted by molar-refractivity contribution is 5.92. The predicted molar refractivity (Wildman–Crippen MR) is 85.9 cm³/mol. The molecule has 3 rings (SSSR count). The Morgan fingerprint density at radius 1 is 1.32 bits per heavy atom. The number of hydrogen-bond acceptors (Lipinski definition) is 2. The molecular weight excluding hydrogens is 276 g/mol. The van der Waals surface area contributed by atoms with Crippen LogP contribution in [0.1, 0.15) is 22.5 Å². The predicted octanol–water partition coefficient (Wildman–Crippen LogP) is 0.617. The van der Waals surface area contributed by atoms with Gasteiger partial charge in [-0.2, -0.15) is 5.10 Å². The highest BCUT2D eigenvalue weighted by Gasteiger charge is 2.22. The Labute approximate surface area is 130 Å². The number of anilines is 1. The normalized spacial score (nSPS) is 17.1. The minimum Gasteiger partial charge on any atom is -0.323 e. The van der Waals surface area contributed by atoms with E-state index in [2.05, 4.69) is 34.7 Å². The van der Waals surface area contributed by atoms with E-state index in [9.17, 15) is 4.79 Å². The number of hydrogen-bond donors (Lipinski definition) is 2. The molecule has 116 valence electrons. The third-order valence-electron chi connectivity index (χ3n) is 4.49. The Morgan fingerprint density at radius 2 is 2.05 bits per heavy atom. The van der Waals surface area contributed by atoms with E-state index in [4.69, 9.17) is 0 Å². The maximum absolute atomic E-state index is 12.3. The van der Waals surface area contributed by atoms with Crippen molar-refractivity contribution in [3.63, 3.8) is 0 Å². The number of nitrogens with one attached hydrogen (secondary N) is 2. The first-order valence-electron chi connectivity index (χ1n) is 7.75. The molecule has 1 amide bonds. The van der Waals surface area contributed by atoms with Crippen molar-refractivity contribution >= 4 is 11.6 Å². The van der Waals surface area contributed by atoms with Gasteiger partial charge in [-0.3, -0.25) is 9.48 Å². The van der Waals surface area contributed by atoms with Crippen molar-refractivity contribution in [2.24, 2.45) is 7.05 Å². The number of amides is 1. The summed E-state index contributed by atoms with van der Waals surface area (Å²) in [5, 5.41) is 7.36. The Morgan fingerprint density at radius 3 is 2.73 bits per heavy atom. The van der Waals surface area contributed by atoms with Gasteiger partial charge in [0.05, 0.1) is 23.6 Å². The molecule has 0 saturated heterocycles. The molecule has 1 aromatic heterocycles. The van der Waals surface area contributed by atoms with Crippen LogP contribution in [-0.4, -0.2) is 28.8 Å². The first-order valence-corrected chi connectivity index (χ1v) is 7.75. The number of aryl methyl sites for hydroxylation is 2. The van der Waals surface area contributed by atoms with Crippen molar-refractivity contribution in [2.45, 2.75) is 26.8 Å². The summed E-state index contributed by atoms with van der Waals surface area (Å²) in [5.41, 5.74) is 5.50. The molecule has 2 heterocycles. The van der Waals surface area contributed by atoms with Crippen molar-refractivity contribution in [3.8, 4) is 0 Å². The largest absolute Gasteiger partial charge is 0.323 e. The van der Waals surface area contributed by atoms with Crippen LogP contribution >= 0.6 is 0 Å². The van der Waals surface area contributed by atoms with E-state index in [0.717, 1.165) is 36.6 Å². The van der Waals surface area contributed by atoms with Crippen LogP contribution in [0.2, 0.25) is 0 Å². The molecule has 1 unspecified atom stereocenters. The number of quaternary nitrogens is 1. The van der Waals surface area contributed by atoms with E-state index in [1.54, 1.807) is 4.68 Å². The molecule has 1 aromatic carbocycles. The highest BCUT2D eigenvalue weighted by Crippen LogP contribution is 2.17. The van der Waals surface area contributed by atoms with Crippen LogP contribution in [0.5, 0.6) is 0 Å². The van der Waals surface area contributed by atoms with Gasteiger partial charge in [-0.1, -0.05) is 24.3 Å². The Hall–Kier alpha value is -2.14. The first kappa shape index (κ1) is 14.8. The van der Waals surface area contributed by atoms with Gasteiger partial charge in [0.1, 0.15) is 6.54 Å². The number of benzene rings is 1. The van der Waals surface area contributed by atoms with Crippen LogP contribution < -0.4 is 10.2 Å². The van der Waals surface area contributed by atoms with Gasteiger partial charge < -0.3 is 10.2 Å². The molecule has 1 aliphatic rings. The second-order valence-electron chi connectivity index (χ2n) is 6.09. The van der Waals surface area contributed by atoms with Crippen molar-refractivity contribution in [2.75, 3.05) is 18.4 Å². The lowest BCUT2D eigenvalue weighted by Crippen LogP contribution is -3.12. The van der Waals surface area contributed by atoms with Crippen molar-refractivity contribution in [1.82, 2.24) is 9.78 Å². The van der Waals surface area contributed by atoms with Gasteiger partial charge >= 0.3 is 0 Å². The zero-order valence-corrected chi connectivity index (χ0v) is 13.4. The van der Waals surface area contributed by atoms with E-state index in [-0.39, 0.29) is 5.91 Å². The standard InChI is InChI=1S/C17H22N4O/c1-12-17(13(2)20(3)19-12)18-16(22)11-21-9-8-14-6-4-5-7-15(14)10-21/h4-7H,8-11H2,1-3H3,(H,18,22)/p+1. The van der Waals surface area contributed by atoms with Crippen LogP contribution in [0.3, 0.4) is 0 Å². The zero-order chi connectivity index (χ0) is 15.7. The summed E-state index contributed by atoms with van der Waals surface area (Å²) < 4.78 is 1.80. The molecule has 0 bridgehead atoms. The monoisotopic (exact) mass is 299 g/mol. The van der Waals surface area contributed by atoms with Crippen LogP contribution in [0.25, 0.3) is 0 Å². The molecule has 5 heteroatoms. The van der Waals surface area contributed by atoms with Crippen molar-refractivity contribution < 1.29 is 9.69 Å². The average Bonchev–Trinajstić information content (AvgIpc) is 2.73. The Bertz CT molecular complexity index is 705. The summed E-state index contributed by atoms with van der Waals surface area (Å²) in [6.07, 6.45) is 1.05. The summed E-state index contributed by atoms with van der Waals surface area (Å²) in [6.45, 7) is 6.33. The second kappa shape index (κ2) is 5.93. The molecule has 1 atom stereocenters. The summed E-state index contributed by atoms with van der Waals surface area (Å²) in [5.74, 6) is 0.0635. The molecule has 5 nitrogen and oxygen atoms in total. The van der Waals surface area contributed by atoms with Gasteiger partial charge in [-0.15, -0.1) is 0 Å². The summed E-state index contributed by atoms with van der Waals surface area (Å²) in [7, 11) is 1.89. The maximum Gasteiger partial charge on any atom is 0.279 e. The average molecular weight is 299 g/mol. The highest BCUT2D eigenvalue weighted by atomic mass is 16.2. The van der Waals surface area contributed by atoms with Crippen LogP contribution in [-0.2, 0) is 24.8 Å². The summed E-state index contributed by atoms with van der Waals surface area (Å²) in [6, 6.07) is 8.52. The van der Waals surface area contributed by atoms with Crippen molar-refractivity contribution in [3.05, 3.63) is 46.8 Å². The molecule has 2 N–H and O–H groups in total. The topological polar surface area (TPSA) is 51.4 Å². The smallest absolute Gasteiger partial charge is 0.279 e. The summed E-state index contributed by atoms with van der Waals surface area (Å²) >= 11 is 0. The van der Waals surface area contributed by atoms with E-state index < -0.39 is 0 Å². The number of fused-ring (bicyclic) bond motifs is 1. The van der Waals surface area contributed by atoms with E-state index >= 15 is 0 Å². The van der Waals surface area contributed by atoms with Crippen LogP contribution in [0.4, 0.5) is 5.69 Å². The third kappa shape index (κ3) is 2.90. The zero-order valence-electron chi connectivity index (χ0n) is 13.4. The summed E-state index contributed by atoms with van der Waals surface area (Å²) in [4.78, 5) is 13.7. The fourth-order valence-corrected chi connectivity index (χ4v) is 3.16. The molecule has 0 spiro atoms. The molecule has 0 aliphatic carbocycles. The number of carbonyl (C=O) groups excluding carboxylic acids is 1. The van der Waals surface area contributed by atoms with Gasteiger partial charge in [-0.05, 0) is 19.4 Å². The van der Waals surface area contributed by atoms with Gasteiger partial charge in [0.15, 0.2) is 6.54 Å². The molecule has 0 saturated carbocycles. The molecule has 22 heavy (non-hydrogen) atoms. The van der Waals surface area contributed by atoms with Gasteiger partial charge in [0.25, 0.3) is 5.91 Å². The minimum atomic E-state index is 0.0635. The number of carbonyl (C=O) groups is 1. The minimum absolute atomic E-state index is 0.0635. The van der Waals surface area contributed by atoms with Crippen LogP contribution in [0.15, 0.2) is 24.3 Å². The van der Waals surface area contributed by atoms with Gasteiger partial charge in [-0.25, -0.2) is 0 Å². The molecular formula is C17H23N4O+. The quantitative estimate of drug-likeness (QED) is 0.873. The lowest BCUT2D eigenvalue weighted by Gasteiger charge is -2.25. The number of nitrogens with zero attached hydrogens (tertiary/aromatic N) is 2. The Kier molecular flexibility index (Phi) is 3.98. The van der Waals surface area contributed by atoms with Crippen LogP contribution in [0, 0.1) is 13.8 Å². The van der Waals surface area contributed by atoms with E-state index in [1.165, 1.54) is 16.0 Å². The number of aromatic nitrogens is 2. The first-order chi connectivity index (χ1) is 10.5. The third-order valence-corrected chi connectivity index (χ3v) is 4.49. The lowest BCUT2D eigenvalue weighted by atomic mass is 10.00. The Balaban J connectivity index is 1.63. The lowest BCUT2D eigenvalue weighted by molar-refractivity contribution is -0.907. The maximum atomic E-state index is 12.3.